The van der Waals surface area contributed by atoms with Gasteiger partial charge in [0.2, 0.25) is 17.7 Å². The van der Waals surface area contributed by atoms with Gasteiger partial charge in [-0.15, -0.1) is 0 Å². The van der Waals surface area contributed by atoms with E-state index in [0.29, 0.717) is 19.6 Å². The molecule has 1 aromatic rings. The second-order valence-electron chi connectivity index (χ2n) is 7.39. The summed E-state index contributed by atoms with van der Waals surface area (Å²) < 4.78 is 0. The Hall–Kier alpha value is -2.45. The van der Waals surface area contributed by atoms with Gasteiger partial charge in [-0.05, 0) is 38.8 Å². The Morgan fingerprint density at radius 3 is 2.66 bits per heavy atom. The van der Waals surface area contributed by atoms with Crippen LogP contribution >= 0.6 is 0 Å². The summed E-state index contributed by atoms with van der Waals surface area (Å²) in [5.41, 5.74) is 6.76. The smallest absolute Gasteiger partial charge is 0.242 e. The highest BCUT2D eigenvalue weighted by molar-refractivity contribution is 5.87. The van der Waals surface area contributed by atoms with Crippen LogP contribution in [-0.2, 0) is 20.8 Å². The number of nitrogens with zero attached hydrogens (tertiary/aromatic N) is 2. The predicted molar refractivity (Wildman–Crippen MR) is 112 cm³/mol. The number of likely N-dealkylation sites (N-methyl/N-ethyl adjacent to an activating group) is 1. The molecule has 1 heterocycles. The van der Waals surface area contributed by atoms with E-state index >= 15 is 0 Å². The minimum atomic E-state index is -0.354. The van der Waals surface area contributed by atoms with E-state index in [1.54, 1.807) is 23.8 Å². The van der Waals surface area contributed by atoms with Crippen molar-refractivity contribution in [1.29, 1.82) is 0 Å². The van der Waals surface area contributed by atoms with Gasteiger partial charge in [0, 0.05) is 25.7 Å². The van der Waals surface area contributed by atoms with Gasteiger partial charge >= 0.3 is 0 Å². The SMILES string of the molecule is CN[C@@H](C)C(=O)NCC(=O)N1CCC[C@H]1CN(CCc1ccccc1)C(=O)CN. The number of amides is 3. The Morgan fingerprint density at radius 2 is 2.00 bits per heavy atom. The number of benzene rings is 1. The zero-order valence-electron chi connectivity index (χ0n) is 17.4. The Bertz CT molecular complexity index is 682. The topological polar surface area (TPSA) is 108 Å². The number of nitrogens with two attached hydrogens (primary N) is 1. The fraction of sp³-hybridized carbons (Fsp3) is 0.571. The van der Waals surface area contributed by atoms with Crippen molar-refractivity contribution < 1.29 is 14.4 Å². The Labute approximate surface area is 172 Å². The first-order valence-corrected chi connectivity index (χ1v) is 10.2. The molecule has 2 atom stereocenters. The molecule has 8 nitrogen and oxygen atoms in total. The standard InChI is InChI=1S/C21H33N5O3/c1-16(23-2)21(29)24-14-20(28)26-11-6-9-18(26)15-25(19(27)13-22)12-10-17-7-4-3-5-8-17/h3-5,7-8,16,18,23H,6,9-15,22H2,1-2H3,(H,24,29)/t16-,18-/m0/s1. The number of hydrogen-bond donors (Lipinski definition) is 3. The van der Waals surface area contributed by atoms with Gasteiger partial charge < -0.3 is 26.2 Å². The van der Waals surface area contributed by atoms with E-state index in [1.165, 1.54) is 0 Å². The van der Waals surface area contributed by atoms with Crippen molar-refractivity contribution in [3.63, 3.8) is 0 Å². The van der Waals surface area contributed by atoms with Crippen molar-refractivity contribution in [2.24, 2.45) is 5.73 Å². The largest absolute Gasteiger partial charge is 0.346 e. The minimum absolute atomic E-state index is 0.0315. The number of hydrogen-bond acceptors (Lipinski definition) is 5. The third-order valence-electron chi connectivity index (χ3n) is 5.41. The molecule has 0 radical (unpaired) electrons. The molecule has 0 spiro atoms. The highest BCUT2D eigenvalue weighted by atomic mass is 16.2. The molecule has 0 bridgehead atoms. The lowest BCUT2D eigenvalue weighted by Crippen LogP contribution is -2.50. The summed E-state index contributed by atoms with van der Waals surface area (Å²) in [4.78, 5) is 40.4. The first kappa shape index (κ1) is 22.8. The van der Waals surface area contributed by atoms with Gasteiger partial charge in [-0.1, -0.05) is 30.3 Å². The summed E-state index contributed by atoms with van der Waals surface area (Å²) in [7, 11) is 1.70. The molecule has 29 heavy (non-hydrogen) atoms. The average Bonchev–Trinajstić information content (AvgIpc) is 3.22. The van der Waals surface area contributed by atoms with Gasteiger partial charge in [-0.2, -0.15) is 0 Å². The molecule has 8 heteroatoms. The predicted octanol–water partition coefficient (Wildman–Crippen LogP) is -0.268. The maximum absolute atomic E-state index is 12.6. The molecule has 1 saturated heterocycles. The molecule has 1 aliphatic rings. The maximum atomic E-state index is 12.6. The molecule has 4 N–H and O–H groups in total. The van der Waals surface area contributed by atoms with Crippen LogP contribution in [0.2, 0.25) is 0 Å². The van der Waals surface area contributed by atoms with E-state index in [1.807, 2.05) is 30.3 Å². The maximum Gasteiger partial charge on any atom is 0.242 e. The minimum Gasteiger partial charge on any atom is -0.346 e. The third kappa shape index (κ3) is 6.83. The molecule has 0 saturated carbocycles. The molecule has 0 unspecified atom stereocenters. The highest BCUT2D eigenvalue weighted by Crippen LogP contribution is 2.19. The van der Waals surface area contributed by atoms with Gasteiger partial charge in [-0.3, -0.25) is 14.4 Å². The third-order valence-corrected chi connectivity index (χ3v) is 5.41. The molecular formula is C21H33N5O3. The quantitative estimate of drug-likeness (QED) is 0.499. The first-order chi connectivity index (χ1) is 14.0. The number of carbonyl (C=O) groups excluding carboxylic acids is 3. The Kier molecular flexibility index (Phi) is 9.08. The number of likely N-dealkylation sites (tertiary alicyclic amines) is 1. The van der Waals surface area contributed by atoms with E-state index in [2.05, 4.69) is 10.6 Å². The Balaban J connectivity index is 1.93. The van der Waals surface area contributed by atoms with Gasteiger partial charge in [0.25, 0.3) is 0 Å². The lowest BCUT2D eigenvalue weighted by Gasteiger charge is -2.31. The summed E-state index contributed by atoms with van der Waals surface area (Å²) in [6.07, 6.45) is 2.47. The van der Waals surface area contributed by atoms with E-state index in [9.17, 15) is 14.4 Å². The second kappa shape index (κ2) is 11.5. The average molecular weight is 404 g/mol. The Morgan fingerprint density at radius 1 is 1.28 bits per heavy atom. The van der Waals surface area contributed by atoms with Crippen LogP contribution in [0.4, 0.5) is 0 Å². The summed E-state index contributed by atoms with van der Waals surface area (Å²) in [6.45, 7) is 3.33. The summed E-state index contributed by atoms with van der Waals surface area (Å²) in [5, 5.41) is 5.52. The molecule has 3 amide bonds. The van der Waals surface area contributed by atoms with E-state index < -0.39 is 0 Å². The molecule has 0 aromatic heterocycles. The lowest BCUT2D eigenvalue weighted by molar-refractivity contribution is -0.136. The fourth-order valence-corrected chi connectivity index (χ4v) is 3.51. The zero-order valence-corrected chi connectivity index (χ0v) is 17.4. The first-order valence-electron chi connectivity index (χ1n) is 10.2. The van der Waals surface area contributed by atoms with Crippen LogP contribution in [-0.4, -0.2) is 79.4 Å². The number of carbonyl (C=O) groups is 3. The zero-order chi connectivity index (χ0) is 21.2. The van der Waals surface area contributed by atoms with Crippen LogP contribution in [0.25, 0.3) is 0 Å². The van der Waals surface area contributed by atoms with Gasteiger partial charge in [0.05, 0.1) is 19.1 Å². The van der Waals surface area contributed by atoms with Gasteiger partial charge in [0.15, 0.2) is 0 Å². The molecular weight excluding hydrogens is 370 g/mol. The monoisotopic (exact) mass is 403 g/mol. The normalized spacial score (nSPS) is 17.1. The van der Waals surface area contributed by atoms with Crippen molar-refractivity contribution >= 4 is 17.7 Å². The summed E-state index contributed by atoms with van der Waals surface area (Å²) in [5.74, 6) is -0.442. The second-order valence-corrected chi connectivity index (χ2v) is 7.39. The van der Waals surface area contributed by atoms with Crippen molar-refractivity contribution in [2.45, 2.75) is 38.3 Å². The van der Waals surface area contributed by atoms with Crippen molar-refractivity contribution in [1.82, 2.24) is 20.4 Å². The van der Waals surface area contributed by atoms with Crippen LogP contribution in [0.15, 0.2) is 30.3 Å². The van der Waals surface area contributed by atoms with E-state index in [-0.39, 0.29) is 42.9 Å². The molecule has 0 aliphatic carbocycles. The van der Waals surface area contributed by atoms with Crippen molar-refractivity contribution in [3.8, 4) is 0 Å². The van der Waals surface area contributed by atoms with Crippen LogP contribution in [0.5, 0.6) is 0 Å². The highest BCUT2D eigenvalue weighted by Gasteiger charge is 2.31. The van der Waals surface area contributed by atoms with E-state index in [0.717, 1.165) is 24.8 Å². The van der Waals surface area contributed by atoms with Gasteiger partial charge in [0.1, 0.15) is 0 Å². The fourth-order valence-electron chi connectivity index (χ4n) is 3.51. The van der Waals surface area contributed by atoms with Crippen LogP contribution in [0.1, 0.15) is 25.3 Å². The lowest BCUT2D eigenvalue weighted by atomic mass is 10.1. The van der Waals surface area contributed by atoms with Crippen LogP contribution < -0.4 is 16.4 Å². The molecule has 1 aromatic carbocycles. The molecule has 160 valence electrons. The van der Waals surface area contributed by atoms with Crippen molar-refractivity contribution in [2.75, 3.05) is 39.8 Å². The van der Waals surface area contributed by atoms with Gasteiger partial charge in [-0.25, -0.2) is 0 Å². The van der Waals surface area contributed by atoms with Crippen LogP contribution in [0.3, 0.4) is 0 Å². The molecule has 1 aliphatic heterocycles. The molecule has 1 fully saturated rings. The summed E-state index contributed by atoms with van der Waals surface area (Å²) >= 11 is 0. The number of nitrogens with one attached hydrogen (secondary N) is 2. The van der Waals surface area contributed by atoms with E-state index in [4.69, 9.17) is 5.73 Å². The number of rotatable bonds is 10. The van der Waals surface area contributed by atoms with Crippen LogP contribution in [0, 0.1) is 0 Å². The summed E-state index contributed by atoms with van der Waals surface area (Å²) in [6, 6.07) is 9.58. The molecule has 2 rings (SSSR count). The van der Waals surface area contributed by atoms with Crippen molar-refractivity contribution in [3.05, 3.63) is 35.9 Å².